The molecule has 0 aliphatic rings. The van der Waals surface area contributed by atoms with Crippen LogP contribution >= 0.6 is 27.5 Å². The first-order valence-electron chi connectivity index (χ1n) is 7.07. The fourth-order valence-electron chi connectivity index (χ4n) is 2.42. The summed E-state index contributed by atoms with van der Waals surface area (Å²) >= 11 is 9.13. The number of pyridine rings is 1. The average Bonchev–Trinajstić information content (AvgIpc) is 2.51. The zero-order valence-electron chi connectivity index (χ0n) is 12.9. The first-order chi connectivity index (χ1) is 11.3. The van der Waals surface area contributed by atoms with Crippen LogP contribution in [0.4, 0.5) is 10.1 Å². The number of hydrogen-bond acceptors (Lipinski definition) is 3. The van der Waals surface area contributed by atoms with Gasteiger partial charge in [-0.25, -0.2) is 4.39 Å². The first kappa shape index (κ1) is 18.3. The number of hydrogen-bond donors (Lipinski definition) is 2. The maximum absolute atomic E-state index is 13.6. The van der Waals surface area contributed by atoms with Gasteiger partial charge in [0.05, 0.1) is 11.0 Å². The lowest BCUT2D eigenvalue weighted by Gasteiger charge is -2.11. The molecule has 0 saturated carbocycles. The number of benzene rings is 1. The molecule has 0 radical (unpaired) electrons. The largest absolute Gasteiger partial charge is 0.404 e. The normalized spacial score (nSPS) is 12.7. The van der Waals surface area contributed by atoms with E-state index in [1.165, 1.54) is 22.9 Å². The molecule has 24 heavy (non-hydrogen) atoms. The number of nitrogens with two attached hydrogens (primary N) is 2. The monoisotopic (exact) mass is 411 g/mol. The minimum atomic E-state index is -0.560. The van der Waals surface area contributed by atoms with Gasteiger partial charge in [-0.05, 0) is 31.2 Å². The van der Waals surface area contributed by atoms with Gasteiger partial charge in [-0.15, -0.1) is 0 Å². The van der Waals surface area contributed by atoms with Crippen molar-refractivity contribution in [3.63, 3.8) is 0 Å². The third-order valence-electron chi connectivity index (χ3n) is 3.53. The van der Waals surface area contributed by atoms with Gasteiger partial charge in [0.2, 0.25) is 0 Å². The molecule has 1 aromatic heterocycles. The highest BCUT2D eigenvalue weighted by Crippen LogP contribution is 2.29. The molecule has 0 bridgehead atoms. The van der Waals surface area contributed by atoms with E-state index in [0.29, 0.717) is 32.7 Å². The Hall–Kier alpha value is -2.05. The van der Waals surface area contributed by atoms with Gasteiger partial charge in [0, 0.05) is 38.6 Å². The van der Waals surface area contributed by atoms with Crippen LogP contribution in [0.5, 0.6) is 0 Å². The van der Waals surface area contributed by atoms with E-state index in [9.17, 15) is 9.18 Å². The lowest BCUT2D eigenvalue weighted by molar-refractivity contribution is 0.632. The average molecular weight is 413 g/mol. The van der Waals surface area contributed by atoms with Gasteiger partial charge in [-0.1, -0.05) is 34.1 Å². The molecule has 0 atom stereocenters. The first-order valence-corrected chi connectivity index (χ1v) is 8.24. The second-order valence-corrected chi connectivity index (χ2v) is 6.40. The maximum atomic E-state index is 13.6. The summed E-state index contributed by atoms with van der Waals surface area (Å²) in [5, 5.41) is 1.43. The Kier molecular flexibility index (Phi) is 5.51. The number of rotatable bonds is 3. The Bertz CT molecular complexity index is 998. The van der Waals surface area contributed by atoms with E-state index in [4.69, 9.17) is 23.1 Å². The summed E-state index contributed by atoms with van der Waals surface area (Å²) in [4.78, 5) is 12.9. The summed E-state index contributed by atoms with van der Waals surface area (Å²) in [5.41, 5.74) is 11.9. The molecule has 0 unspecified atom stereocenters. The maximum Gasteiger partial charge on any atom is 0.258 e. The van der Waals surface area contributed by atoms with Gasteiger partial charge >= 0.3 is 0 Å². The van der Waals surface area contributed by atoms with Crippen molar-refractivity contribution in [3.8, 4) is 11.1 Å². The molecule has 0 saturated heterocycles. The molecule has 0 aliphatic carbocycles. The smallest absolute Gasteiger partial charge is 0.258 e. The topological polar surface area (TPSA) is 74.0 Å². The minimum Gasteiger partial charge on any atom is -0.404 e. The van der Waals surface area contributed by atoms with Gasteiger partial charge in [0.1, 0.15) is 5.82 Å². The van der Waals surface area contributed by atoms with E-state index in [0.717, 1.165) is 0 Å². The van der Waals surface area contributed by atoms with Crippen molar-refractivity contribution in [2.45, 2.75) is 13.5 Å². The minimum absolute atomic E-state index is 0.0429. The molecule has 2 aromatic rings. The van der Waals surface area contributed by atoms with Crippen LogP contribution in [0, 0.1) is 5.82 Å². The Balaban J connectivity index is 2.97. The third kappa shape index (κ3) is 3.39. The molecule has 1 aromatic carbocycles. The molecule has 4 N–H and O–H groups in total. The summed E-state index contributed by atoms with van der Waals surface area (Å²) in [7, 11) is 0. The van der Waals surface area contributed by atoms with Gasteiger partial charge in [0.15, 0.2) is 0 Å². The van der Waals surface area contributed by atoms with E-state index in [2.05, 4.69) is 22.5 Å². The number of anilines is 1. The second kappa shape index (κ2) is 7.23. The fraction of sp³-hybridized carbons (Fsp3) is 0.118. The van der Waals surface area contributed by atoms with Crippen molar-refractivity contribution in [1.29, 1.82) is 0 Å². The van der Waals surface area contributed by atoms with Crippen molar-refractivity contribution in [1.82, 2.24) is 4.57 Å². The molecule has 1 heterocycles. The van der Waals surface area contributed by atoms with Crippen molar-refractivity contribution in [3.05, 3.63) is 61.0 Å². The molecule has 0 fully saturated rings. The van der Waals surface area contributed by atoms with Gasteiger partial charge in [-0.3, -0.25) is 4.79 Å². The molecule has 126 valence electrons. The third-order valence-corrected chi connectivity index (χ3v) is 4.29. The highest BCUT2D eigenvalue weighted by molar-refractivity contribution is 9.10. The van der Waals surface area contributed by atoms with E-state index >= 15 is 0 Å². The molecule has 4 nitrogen and oxygen atoms in total. The van der Waals surface area contributed by atoms with Crippen LogP contribution in [0.25, 0.3) is 23.4 Å². The Labute approximate surface area is 151 Å². The number of nitrogens with zero attached hydrogens (tertiary/aromatic N) is 1. The molecule has 7 heteroatoms. The SMILES string of the molecule is C=C(Cl)/C=c1\c(=C/N)cc(-c2cc(N)c(F)cc2Br)c(=O)n1CC. The summed E-state index contributed by atoms with van der Waals surface area (Å²) in [6.07, 6.45) is 2.95. The summed E-state index contributed by atoms with van der Waals surface area (Å²) < 4.78 is 15.5. The molecular formula is C17H16BrClFN3O. The van der Waals surface area contributed by atoms with E-state index in [1.807, 2.05) is 6.92 Å². The van der Waals surface area contributed by atoms with Crippen molar-refractivity contribution < 1.29 is 4.39 Å². The lowest BCUT2D eigenvalue weighted by Crippen LogP contribution is -2.44. The van der Waals surface area contributed by atoms with Gasteiger partial charge in [0.25, 0.3) is 5.56 Å². The molecule has 0 amide bonds. The van der Waals surface area contributed by atoms with Crippen LogP contribution in [0.2, 0.25) is 0 Å². The summed E-state index contributed by atoms with van der Waals surface area (Å²) in [5.74, 6) is -0.560. The van der Waals surface area contributed by atoms with Crippen LogP contribution in [0.1, 0.15) is 6.92 Å². The Morgan fingerprint density at radius 1 is 1.42 bits per heavy atom. The number of aromatic nitrogens is 1. The standard InChI is InChI=1S/C17H16BrClFN3O/c1-3-23-16(4-9(2)19)10(8-21)5-12(17(23)24)11-6-15(22)14(20)7-13(11)18/h4-8H,2-3,21-22H2,1H3/b10-8-,16-4+. The number of halogens is 3. The van der Waals surface area contributed by atoms with E-state index < -0.39 is 5.82 Å². The zero-order chi connectivity index (χ0) is 18.0. The lowest BCUT2D eigenvalue weighted by atomic mass is 10.1. The van der Waals surface area contributed by atoms with Crippen molar-refractivity contribution >= 4 is 45.5 Å². The molecule has 0 aliphatic heterocycles. The van der Waals surface area contributed by atoms with Crippen molar-refractivity contribution in [2.75, 3.05) is 5.73 Å². The number of nitrogen functional groups attached to an aromatic ring is 1. The molecular weight excluding hydrogens is 397 g/mol. The Morgan fingerprint density at radius 3 is 2.62 bits per heavy atom. The molecule has 0 spiro atoms. The highest BCUT2D eigenvalue weighted by Gasteiger charge is 2.14. The summed E-state index contributed by atoms with van der Waals surface area (Å²) in [6, 6.07) is 4.27. The van der Waals surface area contributed by atoms with Crippen molar-refractivity contribution in [2.24, 2.45) is 5.73 Å². The predicted molar refractivity (Wildman–Crippen MR) is 101 cm³/mol. The van der Waals surface area contributed by atoms with Crippen LogP contribution in [-0.2, 0) is 6.54 Å². The van der Waals surface area contributed by atoms with E-state index in [1.54, 1.807) is 12.1 Å². The zero-order valence-corrected chi connectivity index (χ0v) is 15.3. The van der Waals surface area contributed by atoms with Crippen LogP contribution < -0.4 is 27.6 Å². The van der Waals surface area contributed by atoms with Crippen LogP contribution in [0.15, 0.2) is 39.1 Å². The van der Waals surface area contributed by atoms with Gasteiger partial charge in [-0.2, -0.15) is 0 Å². The summed E-state index contributed by atoms with van der Waals surface area (Å²) in [6.45, 7) is 5.85. The molecule has 2 rings (SSSR count). The Morgan fingerprint density at radius 2 is 2.08 bits per heavy atom. The fourth-order valence-corrected chi connectivity index (χ4v) is 3.06. The van der Waals surface area contributed by atoms with E-state index in [-0.39, 0.29) is 16.3 Å². The second-order valence-electron chi connectivity index (χ2n) is 5.06. The van der Waals surface area contributed by atoms with Crippen LogP contribution in [-0.4, -0.2) is 4.57 Å². The quantitative estimate of drug-likeness (QED) is 0.759. The number of allylic oxidation sites excluding steroid dienone is 1. The van der Waals surface area contributed by atoms with Gasteiger partial charge < -0.3 is 16.0 Å². The predicted octanol–water partition coefficient (Wildman–Crippen LogP) is 2.25. The highest BCUT2D eigenvalue weighted by atomic mass is 79.9. The van der Waals surface area contributed by atoms with Crippen LogP contribution in [0.3, 0.4) is 0 Å².